The first-order chi connectivity index (χ1) is 19.6. The Kier molecular flexibility index (Phi) is 7.96. The summed E-state index contributed by atoms with van der Waals surface area (Å²) >= 11 is 5.98. The molecule has 5 rings (SSSR count). The van der Waals surface area contributed by atoms with Gasteiger partial charge in [0.05, 0.1) is 29.4 Å². The summed E-state index contributed by atoms with van der Waals surface area (Å²) in [6.07, 6.45) is 5.55. The number of rotatable bonds is 8. The number of hydrogen-bond donors (Lipinski definition) is 2. The van der Waals surface area contributed by atoms with Gasteiger partial charge in [0, 0.05) is 31.3 Å². The molecule has 214 valence electrons. The van der Waals surface area contributed by atoms with E-state index in [1.165, 1.54) is 30.3 Å². The van der Waals surface area contributed by atoms with Crippen LogP contribution < -0.4 is 20.3 Å². The lowest BCUT2D eigenvalue weighted by atomic mass is 9.95. The number of aromatic nitrogens is 3. The summed E-state index contributed by atoms with van der Waals surface area (Å²) in [4.78, 5) is 34.1. The Hall–Kier alpha value is -4.03. The number of pyridine rings is 1. The lowest BCUT2D eigenvalue weighted by molar-refractivity contribution is -0.125. The topological polar surface area (TPSA) is 132 Å². The number of nitrogens with zero attached hydrogens (tertiary/aromatic N) is 3. The highest BCUT2D eigenvalue weighted by Crippen LogP contribution is 2.34. The van der Waals surface area contributed by atoms with Crippen LogP contribution >= 0.6 is 11.6 Å². The van der Waals surface area contributed by atoms with Crippen LogP contribution in [0.4, 0.5) is 10.1 Å². The van der Waals surface area contributed by atoms with Crippen LogP contribution in [0.1, 0.15) is 19.3 Å². The molecule has 41 heavy (non-hydrogen) atoms. The minimum Gasteiger partial charge on any atom is -0.480 e. The van der Waals surface area contributed by atoms with Gasteiger partial charge in [-0.1, -0.05) is 24.1 Å². The number of fused-ring (bicyclic) bond motifs is 1. The summed E-state index contributed by atoms with van der Waals surface area (Å²) in [6, 6.07) is 9.60. The number of carbonyl (C=O) groups is 1. The van der Waals surface area contributed by atoms with Crippen LogP contribution in [0.2, 0.25) is 5.02 Å². The van der Waals surface area contributed by atoms with E-state index in [-0.39, 0.29) is 44.8 Å². The Labute approximate surface area is 240 Å². The standard InChI is InChI=1S/C28H27ClFN5O5S/c1-31-26(36)20-5-3-4-17(20)14-35-15-33-23-8-6-16(10-21(23)28(35)37)18-11-24(27(40-2)32-13-18)34-41(38,39)25-9-7-19(30)12-22(25)29/h6-13,15,17,20,34H,3-5,14H2,1-2H3,(H,31,36)/t17-,20+/m0/s1. The number of sulfonamides is 1. The van der Waals surface area contributed by atoms with Crippen molar-refractivity contribution in [1.82, 2.24) is 19.9 Å². The van der Waals surface area contributed by atoms with Crippen molar-refractivity contribution in [3.8, 4) is 17.0 Å². The van der Waals surface area contributed by atoms with Crippen LogP contribution in [0, 0.1) is 17.7 Å². The van der Waals surface area contributed by atoms with Crippen LogP contribution in [0.25, 0.3) is 22.0 Å². The van der Waals surface area contributed by atoms with Crippen molar-refractivity contribution in [2.45, 2.75) is 30.7 Å². The lowest BCUT2D eigenvalue weighted by Gasteiger charge is -2.19. The molecule has 4 aromatic rings. The number of carbonyl (C=O) groups excluding carboxylic acids is 1. The fraction of sp³-hybridized carbons (Fsp3) is 0.286. The zero-order valence-electron chi connectivity index (χ0n) is 22.2. The summed E-state index contributed by atoms with van der Waals surface area (Å²) in [5.74, 6) is -0.800. The SMILES string of the molecule is CNC(=O)[C@@H]1CCC[C@H]1Cn1cnc2ccc(-c3cnc(OC)c(NS(=O)(=O)c4ccc(F)cc4Cl)c3)cc2c1=O. The van der Waals surface area contributed by atoms with E-state index in [4.69, 9.17) is 16.3 Å². The summed E-state index contributed by atoms with van der Waals surface area (Å²) in [5, 5.41) is 2.80. The zero-order valence-corrected chi connectivity index (χ0v) is 23.8. The van der Waals surface area contributed by atoms with Gasteiger partial charge in [0.25, 0.3) is 15.6 Å². The highest BCUT2D eigenvalue weighted by atomic mass is 35.5. The molecule has 2 N–H and O–H groups in total. The Bertz CT molecular complexity index is 1810. The van der Waals surface area contributed by atoms with Crippen LogP contribution in [-0.2, 0) is 21.4 Å². The van der Waals surface area contributed by atoms with Gasteiger partial charge in [0.15, 0.2) is 0 Å². The number of halogens is 2. The average Bonchev–Trinajstić information content (AvgIpc) is 3.41. The third kappa shape index (κ3) is 5.75. The molecule has 1 saturated carbocycles. The van der Waals surface area contributed by atoms with E-state index < -0.39 is 15.8 Å². The van der Waals surface area contributed by atoms with E-state index in [1.807, 2.05) is 0 Å². The predicted octanol–water partition coefficient (Wildman–Crippen LogP) is 4.22. The van der Waals surface area contributed by atoms with Gasteiger partial charge in [-0.3, -0.25) is 18.9 Å². The quantitative estimate of drug-likeness (QED) is 0.310. The molecule has 10 nitrogen and oxygen atoms in total. The molecule has 0 radical (unpaired) electrons. The van der Waals surface area contributed by atoms with E-state index in [0.717, 1.165) is 37.5 Å². The third-order valence-electron chi connectivity index (χ3n) is 7.30. The summed E-state index contributed by atoms with van der Waals surface area (Å²) in [5.41, 5.74) is 1.37. The first kappa shape index (κ1) is 28.5. The number of nitrogens with one attached hydrogen (secondary N) is 2. The minimum atomic E-state index is -4.22. The molecule has 0 aliphatic heterocycles. The van der Waals surface area contributed by atoms with Crippen molar-refractivity contribution in [2.24, 2.45) is 11.8 Å². The van der Waals surface area contributed by atoms with Crippen molar-refractivity contribution >= 4 is 44.1 Å². The first-order valence-electron chi connectivity index (χ1n) is 12.8. The number of hydrogen-bond acceptors (Lipinski definition) is 7. The Morgan fingerprint density at radius 2 is 1.95 bits per heavy atom. The van der Waals surface area contributed by atoms with Crippen LogP contribution in [-0.4, -0.2) is 43.0 Å². The molecule has 1 aliphatic rings. The molecule has 2 aromatic carbocycles. The lowest BCUT2D eigenvalue weighted by Crippen LogP contribution is -2.33. The maximum Gasteiger partial charge on any atom is 0.263 e. The molecule has 2 atom stereocenters. The summed E-state index contributed by atoms with van der Waals surface area (Å²) < 4.78 is 48.8. The second kappa shape index (κ2) is 11.5. The second-order valence-electron chi connectivity index (χ2n) is 9.81. The van der Waals surface area contributed by atoms with E-state index in [9.17, 15) is 22.4 Å². The van der Waals surface area contributed by atoms with Gasteiger partial charge in [-0.25, -0.2) is 22.8 Å². The first-order valence-corrected chi connectivity index (χ1v) is 14.7. The Balaban J connectivity index is 1.49. The second-order valence-corrected chi connectivity index (χ2v) is 11.9. The zero-order chi connectivity index (χ0) is 29.3. The maximum atomic E-state index is 13.5. The number of benzene rings is 2. The van der Waals surface area contributed by atoms with Crippen LogP contribution in [0.3, 0.4) is 0 Å². The van der Waals surface area contributed by atoms with E-state index in [0.29, 0.717) is 28.6 Å². The molecule has 1 fully saturated rings. The molecule has 0 saturated heterocycles. The largest absolute Gasteiger partial charge is 0.480 e. The maximum absolute atomic E-state index is 13.5. The number of ether oxygens (including phenoxy) is 1. The van der Waals surface area contributed by atoms with Gasteiger partial charge in [0.1, 0.15) is 16.4 Å². The molecule has 0 spiro atoms. The predicted molar refractivity (Wildman–Crippen MR) is 153 cm³/mol. The smallest absolute Gasteiger partial charge is 0.263 e. The minimum absolute atomic E-state index is 0.00241. The number of amides is 1. The highest BCUT2D eigenvalue weighted by molar-refractivity contribution is 7.92. The molecule has 2 aromatic heterocycles. The Morgan fingerprint density at radius 3 is 2.68 bits per heavy atom. The molecule has 0 bridgehead atoms. The van der Waals surface area contributed by atoms with Gasteiger partial charge >= 0.3 is 0 Å². The van der Waals surface area contributed by atoms with Crippen molar-refractivity contribution in [3.05, 3.63) is 76.2 Å². The van der Waals surface area contributed by atoms with Crippen LogP contribution in [0.5, 0.6) is 5.88 Å². The fourth-order valence-corrected chi connectivity index (χ4v) is 6.83. The van der Waals surface area contributed by atoms with E-state index in [2.05, 4.69) is 20.0 Å². The number of anilines is 1. The van der Waals surface area contributed by atoms with Gasteiger partial charge in [0.2, 0.25) is 11.8 Å². The van der Waals surface area contributed by atoms with Gasteiger partial charge < -0.3 is 10.1 Å². The van der Waals surface area contributed by atoms with Crippen LogP contribution in [0.15, 0.2) is 64.7 Å². The van der Waals surface area contributed by atoms with Gasteiger partial charge in [-0.05, 0) is 60.7 Å². The highest BCUT2D eigenvalue weighted by Gasteiger charge is 2.33. The van der Waals surface area contributed by atoms with Crippen molar-refractivity contribution in [2.75, 3.05) is 18.9 Å². The van der Waals surface area contributed by atoms with Gasteiger partial charge in [-0.2, -0.15) is 0 Å². The van der Waals surface area contributed by atoms with Crippen molar-refractivity contribution < 1.29 is 22.3 Å². The molecular formula is C28H27ClFN5O5S. The Morgan fingerprint density at radius 1 is 1.15 bits per heavy atom. The molecule has 1 amide bonds. The normalized spacial score (nSPS) is 17.0. The van der Waals surface area contributed by atoms with E-state index in [1.54, 1.807) is 25.2 Å². The molecule has 0 unspecified atom stereocenters. The number of methoxy groups -OCH3 is 1. The molecule has 1 aliphatic carbocycles. The van der Waals surface area contributed by atoms with Crippen molar-refractivity contribution in [3.63, 3.8) is 0 Å². The third-order valence-corrected chi connectivity index (χ3v) is 9.15. The molecule has 2 heterocycles. The molecule has 13 heteroatoms. The average molecular weight is 600 g/mol. The molecular weight excluding hydrogens is 573 g/mol. The fourth-order valence-electron chi connectivity index (χ4n) is 5.25. The monoisotopic (exact) mass is 599 g/mol. The van der Waals surface area contributed by atoms with E-state index >= 15 is 0 Å². The van der Waals surface area contributed by atoms with Gasteiger partial charge in [-0.15, -0.1) is 0 Å². The van der Waals surface area contributed by atoms with Crippen molar-refractivity contribution in [1.29, 1.82) is 0 Å². The summed E-state index contributed by atoms with van der Waals surface area (Å²) in [7, 11) is -1.27. The summed E-state index contributed by atoms with van der Waals surface area (Å²) in [6.45, 7) is 0.381.